The summed E-state index contributed by atoms with van der Waals surface area (Å²) in [7, 11) is 0. The lowest BCUT2D eigenvalue weighted by Gasteiger charge is -2.35. The Morgan fingerprint density at radius 2 is 1.92 bits per heavy atom. The third-order valence-corrected chi connectivity index (χ3v) is 2.72. The summed E-state index contributed by atoms with van der Waals surface area (Å²) in [5, 5.41) is 0. The van der Waals surface area contributed by atoms with Gasteiger partial charge in [0.05, 0.1) is 0 Å². The van der Waals surface area contributed by atoms with Crippen molar-refractivity contribution < 1.29 is 9.53 Å². The molecule has 0 aromatic heterocycles. The number of carbonyl (C=O) groups excluding carboxylic acids is 1. The predicted molar refractivity (Wildman–Crippen MR) is 54.4 cm³/mol. The van der Waals surface area contributed by atoms with Crippen molar-refractivity contribution in [3.8, 4) is 0 Å². The summed E-state index contributed by atoms with van der Waals surface area (Å²) in [6.07, 6.45) is 2.92. The molecular formula is C11H20O2. The highest BCUT2D eigenvalue weighted by Gasteiger charge is 2.33. The molecule has 0 rings (SSSR count). The van der Waals surface area contributed by atoms with Crippen molar-refractivity contribution >= 4 is 5.97 Å². The molecule has 0 aromatic rings. The first-order valence-corrected chi connectivity index (χ1v) is 4.87. The van der Waals surface area contributed by atoms with E-state index in [-0.39, 0.29) is 11.6 Å². The Hall–Kier alpha value is -0.790. The lowest BCUT2D eigenvalue weighted by Crippen LogP contribution is -2.38. The van der Waals surface area contributed by atoms with E-state index in [9.17, 15) is 4.79 Å². The first kappa shape index (κ1) is 12.2. The Morgan fingerprint density at radius 3 is 2.15 bits per heavy atom. The summed E-state index contributed by atoms with van der Waals surface area (Å²) < 4.78 is 5.39. The van der Waals surface area contributed by atoms with Crippen LogP contribution >= 0.6 is 0 Å². The van der Waals surface area contributed by atoms with Gasteiger partial charge in [-0.1, -0.05) is 34.3 Å². The van der Waals surface area contributed by atoms with E-state index in [1.807, 2.05) is 13.8 Å². The molecular weight excluding hydrogens is 164 g/mol. The summed E-state index contributed by atoms with van der Waals surface area (Å²) in [6, 6.07) is 0. The zero-order valence-corrected chi connectivity index (χ0v) is 9.09. The minimum atomic E-state index is -0.322. The molecule has 0 aliphatic heterocycles. The summed E-state index contributed by atoms with van der Waals surface area (Å²) in [5.41, 5.74) is -0.314. The molecule has 0 fully saturated rings. The Morgan fingerprint density at radius 1 is 1.46 bits per heavy atom. The van der Waals surface area contributed by atoms with E-state index >= 15 is 0 Å². The van der Waals surface area contributed by atoms with Gasteiger partial charge in [0.15, 0.2) is 0 Å². The predicted octanol–water partition coefficient (Wildman–Crippen LogP) is 2.93. The van der Waals surface area contributed by atoms with E-state index in [1.54, 1.807) is 0 Å². The lowest BCUT2D eigenvalue weighted by molar-refractivity contribution is -0.159. The lowest BCUT2D eigenvalue weighted by atomic mass is 9.85. The molecule has 2 heteroatoms. The van der Waals surface area contributed by atoms with Crippen molar-refractivity contribution in [3.63, 3.8) is 0 Å². The Kier molecular flexibility index (Phi) is 4.74. The van der Waals surface area contributed by atoms with Crippen LogP contribution in [0.1, 0.15) is 40.5 Å². The number of hydrogen-bond acceptors (Lipinski definition) is 2. The van der Waals surface area contributed by atoms with Crippen LogP contribution in [0.4, 0.5) is 0 Å². The van der Waals surface area contributed by atoms with Crippen molar-refractivity contribution in [2.75, 3.05) is 0 Å². The minimum absolute atomic E-state index is 0.314. The van der Waals surface area contributed by atoms with E-state index in [1.165, 1.54) is 6.08 Å². The number of carbonyl (C=O) groups is 1. The molecule has 0 radical (unpaired) electrons. The summed E-state index contributed by atoms with van der Waals surface area (Å²) in [5.74, 6) is 0.0174. The van der Waals surface area contributed by atoms with E-state index in [2.05, 4.69) is 20.4 Å². The highest BCUT2D eigenvalue weighted by Crippen LogP contribution is 2.29. The van der Waals surface area contributed by atoms with Gasteiger partial charge in [0.25, 0.3) is 0 Å². The second-order valence-electron chi connectivity index (χ2n) is 3.55. The van der Waals surface area contributed by atoms with Gasteiger partial charge in [0, 0.05) is 6.08 Å². The van der Waals surface area contributed by atoms with Gasteiger partial charge in [0.1, 0.15) is 5.60 Å². The molecule has 0 aliphatic rings. The molecule has 0 atom stereocenters. The fourth-order valence-corrected chi connectivity index (χ4v) is 1.57. The SMILES string of the molecule is C=CC(=O)OC(CC)(CC)C(C)C. The van der Waals surface area contributed by atoms with Gasteiger partial charge < -0.3 is 4.74 Å². The van der Waals surface area contributed by atoms with Crippen molar-refractivity contribution in [3.05, 3.63) is 12.7 Å². The molecule has 0 spiro atoms. The molecule has 0 heterocycles. The molecule has 0 bridgehead atoms. The first-order valence-electron chi connectivity index (χ1n) is 4.87. The van der Waals surface area contributed by atoms with Gasteiger partial charge >= 0.3 is 5.97 Å². The first-order chi connectivity index (χ1) is 6.02. The summed E-state index contributed by atoms with van der Waals surface area (Å²) in [4.78, 5) is 11.1. The molecule has 2 nitrogen and oxygen atoms in total. The Labute approximate surface area is 81.0 Å². The highest BCUT2D eigenvalue weighted by molar-refractivity contribution is 5.81. The van der Waals surface area contributed by atoms with Crippen LogP contribution in [0.5, 0.6) is 0 Å². The zero-order chi connectivity index (χ0) is 10.5. The van der Waals surface area contributed by atoms with E-state index in [0.717, 1.165) is 12.8 Å². The van der Waals surface area contributed by atoms with Gasteiger partial charge in [-0.3, -0.25) is 0 Å². The monoisotopic (exact) mass is 184 g/mol. The van der Waals surface area contributed by atoms with E-state index < -0.39 is 0 Å². The average Bonchev–Trinajstić information content (AvgIpc) is 2.13. The summed E-state index contributed by atoms with van der Waals surface area (Å²) >= 11 is 0. The third-order valence-electron chi connectivity index (χ3n) is 2.72. The number of hydrogen-bond donors (Lipinski definition) is 0. The maximum atomic E-state index is 11.1. The molecule has 13 heavy (non-hydrogen) atoms. The molecule has 0 aromatic carbocycles. The van der Waals surface area contributed by atoms with E-state index in [0.29, 0.717) is 5.92 Å². The second kappa shape index (κ2) is 5.05. The van der Waals surface area contributed by atoms with Crippen LogP contribution in [0, 0.1) is 5.92 Å². The molecule has 0 N–H and O–H groups in total. The highest BCUT2D eigenvalue weighted by atomic mass is 16.6. The molecule has 0 saturated carbocycles. The number of rotatable bonds is 5. The third kappa shape index (κ3) is 2.87. The number of ether oxygens (including phenoxy) is 1. The fourth-order valence-electron chi connectivity index (χ4n) is 1.57. The number of esters is 1. The van der Waals surface area contributed by atoms with E-state index in [4.69, 9.17) is 4.74 Å². The van der Waals surface area contributed by atoms with Crippen LogP contribution in [0.15, 0.2) is 12.7 Å². The second-order valence-corrected chi connectivity index (χ2v) is 3.55. The minimum Gasteiger partial charge on any atom is -0.456 e. The van der Waals surface area contributed by atoms with Crippen molar-refractivity contribution in [2.45, 2.75) is 46.1 Å². The molecule has 0 saturated heterocycles. The quantitative estimate of drug-likeness (QED) is 0.485. The normalized spacial score (nSPS) is 11.5. The van der Waals surface area contributed by atoms with Crippen LogP contribution in [0.25, 0.3) is 0 Å². The van der Waals surface area contributed by atoms with Crippen molar-refractivity contribution in [2.24, 2.45) is 5.92 Å². The smallest absolute Gasteiger partial charge is 0.330 e. The van der Waals surface area contributed by atoms with Crippen LogP contribution < -0.4 is 0 Å². The largest absolute Gasteiger partial charge is 0.456 e. The van der Waals surface area contributed by atoms with Gasteiger partial charge in [-0.05, 0) is 18.8 Å². The van der Waals surface area contributed by atoms with Crippen LogP contribution in [0.2, 0.25) is 0 Å². The van der Waals surface area contributed by atoms with Gasteiger partial charge in [-0.25, -0.2) is 4.79 Å². The fraction of sp³-hybridized carbons (Fsp3) is 0.727. The topological polar surface area (TPSA) is 26.3 Å². The van der Waals surface area contributed by atoms with Gasteiger partial charge in [-0.15, -0.1) is 0 Å². The van der Waals surface area contributed by atoms with Crippen molar-refractivity contribution in [1.29, 1.82) is 0 Å². The Bertz CT molecular complexity index is 179. The maximum Gasteiger partial charge on any atom is 0.330 e. The molecule has 0 aliphatic carbocycles. The van der Waals surface area contributed by atoms with Crippen molar-refractivity contribution in [1.82, 2.24) is 0 Å². The van der Waals surface area contributed by atoms with Gasteiger partial charge in [-0.2, -0.15) is 0 Å². The van der Waals surface area contributed by atoms with Crippen LogP contribution in [-0.2, 0) is 9.53 Å². The molecule has 76 valence electrons. The summed E-state index contributed by atoms with van der Waals surface area (Å²) in [6.45, 7) is 11.6. The van der Waals surface area contributed by atoms with Gasteiger partial charge in [0.2, 0.25) is 0 Å². The Balaban J connectivity index is 4.57. The molecule has 0 amide bonds. The average molecular weight is 184 g/mol. The van der Waals surface area contributed by atoms with Crippen LogP contribution in [0.3, 0.4) is 0 Å². The maximum absolute atomic E-state index is 11.1. The molecule has 0 unspecified atom stereocenters. The van der Waals surface area contributed by atoms with Crippen LogP contribution in [-0.4, -0.2) is 11.6 Å². The standard InChI is InChI=1S/C11H20O2/c1-6-10(12)13-11(7-2,8-3)9(4)5/h6,9H,1,7-8H2,2-5H3. The zero-order valence-electron chi connectivity index (χ0n) is 9.09.